The molecule has 0 aliphatic rings. The molecule has 2 aromatic rings. The third-order valence-corrected chi connectivity index (χ3v) is 3.98. The number of aliphatic hydroxyl groups is 1. The highest BCUT2D eigenvalue weighted by molar-refractivity contribution is 5.85. The number of phenols is 2. The van der Waals surface area contributed by atoms with Crippen LogP contribution in [0.4, 0.5) is 0 Å². The number of hydrogen-bond donors (Lipinski definition) is 4. The number of halogens is 1. The second-order valence-corrected chi connectivity index (χ2v) is 5.70. The molecule has 0 saturated carbocycles. The third-order valence-electron chi connectivity index (χ3n) is 3.98. The normalized spacial score (nSPS) is 13.1. The van der Waals surface area contributed by atoms with Crippen LogP contribution in [0.2, 0.25) is 0 Å². The number of benzene rings is 2. The second kappa shape index (κ2) is 8.77. The van der Waals surface area contributed by atoms with Gasteiger partial charge in [0.15, 0.2) is 0 Å². The molecule has 1 atom stereocenters. The first-order chi connectivity index (χ1) is 10.5. The minimum Gasteiger partial charge on any atom is -0.508 e. The molecule has 5 heteroatoms. The van der Waals surface area contributed by atoms with E-state index < -0.39 is 0 Å². The molecule has 0 aliphatic carbocycles. The van der Waals surface area contributed by atoms with E-state index in [9.17, 15) is 10.2 Å². The highest BCUT2D eigenvalue weighted by Gasteiger charge is 2.25. The quantitative estimate of drug-likeness (QED) is 0.627. The molecule has 0 amide bonds. The van der Waals surface area contributed by atoms with E-state index in [0.29, 0.717) is 6.54 Å². The van der Waals surface area contributed by atoms with Crippen LogP contribution < -0.4 is 5.32 Å². The van der Waals surface area contributed by atoms with Gasteiger partial charge in [-0.15, -0.1) is 12.4 Å². The third kappa shape index (κ3) is 5.43. The van der Waals surface area contributed by atoms with Crippen LogP contribution in [0.3, 0.4) is 0 Å². The topological polar surface area (TPSA) is 72.7 Å². The maximum atomic E-state index is 9.45. The first kappa shape index (κ1) is 19.3. The van der Waals surface area contributed by atoms with Crippen molar-refractivity contribution in [2.75, 3.05) is 13.2 Å². The van der Waals surface area contributed by atoms with Crippen LogP contribution in [0.1, 0.15) is 24.5 Å². The zero-order chi connectivity index (χ0) is 16.0. The Morgan fingerprint density at radius 3 is 1.96 bits per heavy atom. The smallest absolute Gasteiger partial charge is 0.115 e. The summed E-state index contributed by atoms with van der Waals surface area (Å²) in [6.45, 7) is 2.68. The Hall–Kier alpha value is -1.75. The lowest BCUT2D eigenvalue weighted by Gasteiger charge is -2.32. The fourth-order valence-electron chi connectivity index (χ4n) is 2.55. The maximum absolute atomic E-state index is 9.45. The van der Waals surface area contributed by atoms with E-state index in [0.717, 1.165) is 24.0 Å². The summed E-state index contributed by atoms with van der Waals surface area (Å²) in [6.07, 6.45) is 1.68. The van der Waals surface area contributed by atoms with Gasteiger partial charge in [0.05, 0.1) is 6.61 Å². The molecule has 0 bridgehead atoms. The van der Waals surface area contributed by atoms with E-state index in [4.69, 9.17) is 5.11 Å². The molecule has 0 radical (unpaired) electrons. The van der Waals surface area contributed by atoms with Gasteiger partial charge in [-0.1, -0.05) is 24.3 Å². The first-order valence-electron chi connectivity index (χ1n) is 7.47. The molecule has 1 unspecified atom stereocenters. The summed E-state index contributed by atoms with van der Waals surface area (Å²) in [5.41, 5.74) is 1.92. The molecular weight excluding hydrogens is 314 g/mol. The van der Waals surface area contributed by atoms with Crippen LogP contribution in [-0.2, 0) is 12.0 Å². The number of aliphatic hydroxyl groups excluding tert-OH is 1. The maximum Gasteiger partial charge on any atom is 0.115 e. The van der Waals surface area contributed by atoms with Crippen molar-refractivity contribution in [3.05, 3.63) is 59.7 Å². The summed E-state index contributed by atoms with van der Waals surface area (Å²) in [5.74, 6) is 0.509. The van der Waals surface area contributed by atoms with Gasteiger partial charge in [0.1, 0.15) is 11.5 Å². The lowest BCUT2D eigenvalue weighted by atomic mass is 9.86. The molecule has 0 aromatic heterocycles. The van der Waals surface area contributed by atoms with Crippen molar-refractivity contribution < 1.29 is 15.3 Å². The number of rotatable bonds is 7. The number of aryl methyl sites for hydroxylation is 1. The van der Waals surface area contributed by atoms with Crippen LogP contribution in [-0.4, -0.2) is 28.5 Å². The van der Waals surface area contributed by atoms with Crippen LogP contribution in [0.25, 0.3) is 0 Å². The van der Waals surface area contributed by atoms with E-state index in [2.05, 4.69) is 12.2 Å². The largest absolute Gasteiger partial charge is 0.508 e. The van der Waals surface area contributed by atoms with Crippen molar-refractivity contribution in [1.82, 2.24) is 5.32 Å². The van der Waals surface area contributed by atoms with Crippen LogP contribution in [0, 0.1) is 0 Å². The second-order valence-electron chi connectivity index (χ2n) is 5.70. The summed E-state index contributed by atoms with van der Waals surface area (Å²) < 4.78 is 0. The minimum absolute atomic E-state index is 0. The van der Waals surface area contributed by atoms with Crippen LogP contribution in [0.15, 0.2) is 48.5 Å². The summed E-state index contributed by atoms with van der Waals surface area (Å²) in [4.78, 5) is 0. The minimum atomic E-state index is -0.297. The molecule has 4 N–H and O–H groups in total. The molecule has 4 nitrogen and oxygen atoms in total. The summed E-state index contributed by atoms with van der Waals surface area (Å²) in [7, 11) is 0. The highest BCUT2D eigenvalue weighted by Crippen LogP contribution is 2.28. The van der Waals surface area contributed by atoms with Gasteiger partial charge in [-0.25, -0.2) is 0 Å². The van der Waals surface area contributed by atoms with Gasteiger partial charge in [-0.2, -0.15) is 0 Å². The molecule has 0 spiro atoms. The molecular formula is C18H24ClNO3. The molecule has 2 aromatic carbocycles. The lowest BCUT2D eigenvalue weighted by molar-refractivity contribution is 0.253. The van der Waals surface area contributed by atoms with Crippen molar-refractivity contribution in [3.63, 3.8) is 0 Å². The Balaban J connectivity index is 0.00000264. The molecule has 0 fully saturated rings. The van der Waals surface area contributed by atoms with Gasteiger partial charge in [0.2, 0.25) is 0 Å². The van der Waals surface area contributed by atoms with Gasteiger partial charge in [0.25, 0.3) is 0 Å². The number of aromatic hydroxyl groups is 2. The van der Waals surface area contributed by atoms with E-state index in [1.165, 1.54) is 0 Å². The Bertz CT molecular complexity index is 586. The SMILES string of the molecule is CC(CCc1ccc(O)cc1)(NCCO)c1ccc(O)cc1.Cl. The molecule has 23 heavy (non-hydrogen) atoms. The van der Waals surface area contributed by atoms with Crippen molar-refractivity contribution >= 4 is 12.4 Å². The molecule has 126 valence electrons. The van der Waals surface area contributed by atoms with E-state index in [-0.39, 0.29) is 36.1 Å². The number of phenolic OH excluding ortho intramolecular Hbond substituents is 2. The average molecular weight is 338 g/mol. The van der Waals surface area contributed by atoms with E-state index >= 15 is 0 Å². The standard InChI is InChI=1S/C18H23NO3.ClH/c1-18(19-12-13-20,15-4-8-17(22)9-5-15)11-10-14-2-6-16(21)7-3-14;/h2-9,19-22H,10-13H2,1H3;1H. The van der Waals surface area contributed by atoms with Crippen molar-refractivity contribution in [2.45, 2.75) is 25.3 Å². The first-order valence-corrected chi connectivity index (χ1v) is 7.47. The van der Waals surface area contributed by atoms with Gasteiger partial charge in [-0.05, 0) is 55.2 Å². The molecule has 2 rings (SSSR count). The number of nitrogens with one attached hydrogen (secondary N) is 1. The Kier molecular flexibility index (Phi) is 7.36. The highest BCUT2D eigenvalue weighted by atomic mass is 35.5. The Morgan fingerprint density at radius 2 is 1.43 bits per heavy atom. The van der Waals surface area contributed by atoms with E-state index in [1.54, 1.807) is 24.3 Å². The van der Waals surface area contributed by atoms with Gasteiger partial charge in [0, 0.05) is 12.1 Å². The van der Waals surface area contributed by atoms with Crippen LogP contribution in [0.5, 0.6) is 11.5 Å². The van der Waals surface area contributed by atoms with Crippen LogP contribution >= 0.6 is 12.4 Å². The van der Waals surface area contributed by atoms with Gasteiger partial charge < -0.3 is 20.6 Å². The van der Waals surface area contributed by atoms with Crippen molar-refractivity contribution in [3.8, 4) is 11.5 Å². The van der Waals surface area contributed by atoms with Gasteiger partial charge >= 0.3 is 0 Å². The van der Waals surface area contributed by atoms with E-state index in [1.807, 2.05) is 24.3 Å². The molecule has 0 heterocycles. The Morgan fingerprint density at radius 1 is 0.913 bits per heavy atom. The fraction of sp³-hybridized carbons (Fsp3) is 0.333. The zero-order valence-electron chi connectivity index (χ0n) is 13.2. The predicted octanol–water partition coefficient (Wildman–Crippen LogP) is 2.95. The molecule has 0 saturated heterocycles. The predicted molar refractivity (Wildman–Crippen MR) is 94.2 cm³/mol. The Labute approximate surface area is 143 Å². The fourth-order valence-corrected chi connectivity index (χ4v) is 2.55. The summed E-state index contributed by atoms with van der Waals surface area (Å²) >= 11 is 0. The van der Waals surface area contributed by atoms with Crippen molar-refractivity contribution in [2.24, 2.45) is 0 Å². The molecule has 0 aliphatic heterocycles. The number of hydrogen-bond acceptors (Lipinski definition) is 4. The summed E-state index contributed by atoms with van der Waals surface area (Å²) in [6, 6.07) is 14.4. The van der Waals surface area contributed by atoms with Crippen molar-refractivity contribution in [1.29, 1.82) is 0 Å². The summed E-state index contributed by atoms with van der Waals surface area (Å²) in [5, 5.41) is 31.3. The zero-order valence-corrected chi connectivity index (χ0v) is 14.0. The van der Waals surface area contributed by atoms with Gasteiger partial charge in [-0.3, -0.25) is 0 Å². The lowest BCUT2D eigenvalue weighted by Crippen LogP contribution is -2.41. The monoisotopic (exact) mass is 337 g/mol. The average Bonchev–Trinajstić information content (AvgIpc) is 2.53.